The monoisotopic (exact) mass is 289 g/mol. The van der Waals surface area contributed by atoms with E-state index < -0.39 is 5.63 Å². The van der Waals surface area contributed by atoms with Gasteiger partial charge < -0.3 is 9.40 Å². The second-order valence-corrected chi connectivity index (χ2v) is 5.06. The van der Waals surface area contributed by atoms with Crippen LogP contribution in [0.2, 0.25) is 0 Å². The summed E-state index contributed by atoms with van der Waals surface area (Å²) in [6.45, 7) is 0. The second-order valence-electron chi connectivity index (χ2n) is 5.06. The first-order chi connectivity index (χ1) is 10.7. The summed E-state index contributed by atoms with van der Waals surface area (Å²) in [5.41, 5.74) is 1.36. The number of pyridine rings is 1. The molecule has 0 unspecified atom stereocenters. The Bertz CT molecular complexity index is 1110. The number of hydrogen-bond acceptors (Lipinski definition) is 3. The maximum Gasteiger partial charge on any atom is 0.344 e. The highest BCUT2D eigenvalue weighted by molar-refractivity contribution is 6.02. The molecule has 0 aliphatic rings. The van der Waals surface area contributed by atoms with Gasteiger partial charge >= 0.3 is 5.63 Å². The van der Waals surface area contributed by atoms with Crippen molar-refractivity contribution in [3.05, 3.63) is 81.4 Å². The fourth-order valence-corrected chi connectivity index (χ4v) is 2.64. The first kappa shape index (κ1) is 12.6. The molecule has 0 saturated heterocycles. The molecule has 4 aromatic rings. The van der Waals surface area contributed by atoms with Gasteiger partial charge in [0, 0.05) is 5.39 Å². The molecule has 0 aliphatic heterocycles. The Kier molecular flexibility index (Phi) is 2.69. The number of para-hydroxylation sites is 1. The van der Waals surface area contributed by atoms with E-state index in [1.807, 2.05) is 48.5 Å². The third kappa shape index (κ3) is 1.85. The summed E-state index contributed by atoms with van der Waals surface area (Å²) in [6, 6.07) is 18.0. The SMILES string of the molecule is O=c1oc2c(cc1-c1ccccc1)c(=O)[nH]c1ccccc12. The molecule has 0 spiro atoms. The van der Waals surface area contributed by atoms with Gasteiger partial charge in [0.2, 0.25) is 0 Å². The lowest BCUT2D eigenvalue weighted by Gasteiger charge is -2.04. The van der Waals surface area contributed by atoms with Gasteiger partial charge in [-0.2, -0.15) is 0 Å². The summed E-state index contributed by atoms with van der Waals surface area (Å²) in [7, 11) is 0. The molecule has 2 aromatic carbocycles. The van der Waals surface area contributed by atoms with Gasteiger partial charge in [-0.1, -0.05) is 42.5 Å². The summed E-state index contributed by atoms with van der Waals surface area (Å²) < 4.78 is 5.47. The molecule has 0 radical (unpaired) electrons. The quantitative estimate of drug-likeness (QED) is 0.547. The topological polar surface area (TPSA) is 63.1 Å². The van der Waals surface area contributed by atoms with E-state index in [9.17, 15) is 9.59 Å². The molecule has 2 aromatic heterocycles. The molecule has 0 amide bonds. The second kappa shape index (κ2) is 4.70. The molecule has 2 heterocycles. The first-order valence-electron chi connectivity index (χ1n) is 6.88. The molecule has 106 valence electrons. The maximum absolute atomic E-state index is 12.3. The molecular weight excluding hydrogens is 278 g/mol. The van der Waals surface area contributed by atoms with Crippen molar-refractivity contribution in [2.45, 2.75) is 0 Å². The average Bonchev–Trinajstić information content (AvgIpc) is 2.55. The van der Waals surface area contributed by atoms with E-state index in [1.54, 1.807) is 12.1 Å². The summed E-state index contributed by atoms with van der Waals surface area (Å²) >= 11 is 0. The molecule has 0 atom stereocenters. The largest absolute Gasteiger partial charge is 0.421 e. The number of H-pyrrole nitrogens is 1. The van der Waals surface area contributed by atoms with Crippen LogP contribution in [-0.4, -0.2) is 4.98 Å². The lowest BCUT2D eigenvalue weighted by molar-refractivity contribution is 0.566. The van der Waals surface area contributed by atoms with Crippen molar-refractivity contribution in [1.29, 1.82) is 0 Å². The predicted molar refractivity (Wildman–Crippen MR) is 86.0 cm³/mol. The standard InChI is InChI=1S/C18H11NO3/c20-17-14-10-13(11-6-2-1-3-7-11)18(21)22-16(14)12-8-4-5-9-15(12)19-17/h1-10H,(H,19,20). The van der Waals surface area contributed by atoms with Crippen molar-refractivity contribution >= 4 is 21.9 Å². The van der Waals surface area contributed by atoms with E-state index in [-0.39, 0.29) is 5.56 Å². The third-order valence-electron chi connectivity index (χ3n) is 3.70. The highest BCUT2D eigenvalue weighted by Crippen LogP contribution is 2.23. The van der Waals surface area contributed by atoms with Crippen LogP contribution >= 0.6 is 0 Å². The fraction of sp³-hybridized carbons (Fsp3) is 0. The van der Waals surface area contributed by atoms with Gasteiger partial charge in [0.1, 0.15) is 0 Å². The third-order valence-corrected chi connectivity index (χ3v) is 3.70. The average molecular weight is 289 g/mol. The highest BCUT2D eigenvalue weighted by atomic mass is 16.4. The lowest BCUT2D eigenvalue weighted by atomic mass is 10.1. The Morgan fingerprint density at radius 1 is 0.818 bits per heavy atom. The van der Waals surface area contributed by atoms with E-state index in [2.05, 4.69) is 4.98 Å². The van der Waals surface area contributed by atoms with Crippen molar-refractivity contribution < 1.29 is 4.42 Å². The molecule has 4 rings (SSSR count). The molecule has 0 saturated carbocycles. The van der Waals surface area contributed by atoms with Crippen molar-refractivity contribution in [3.8, 4) is 11.1 Å². The van der Waals surface area contributed by atoms with Gasteiger partial charge in [-0.05, 0) is 23.8 Å². The Balaban J connectivity index is 2.15. The predicted octanol–water partition coefficient (Wildman–Crippen LogP) is 3.30. The van der Waals surface area contributed by atoms with Crippen LogP contribution in [0, 0.1) is 0 Å². The van der Waals surface area contributed by atoms with E-state index in [1.165, 1.54) is 0 Å². The van der Waals surface area contributed by atoms with Crippen LogP contribution in [0.15, 0.2) is 74.7 Å². The van der Waals surface area contributed by atoms with Crippen molar-refractivity contribution in [2.75, 3.05) is 0 Å². The first-order valence-corrected chi connectivity index (χ1v) is 6.88. The number of fused-ring (bicyclic) bond motifs is 3. The minimum absolute atomic E-state index is 0.269. The summed E-state index contributed by atoms with van der Waals surface area (Å²) in [4.78, 5) is 27.4. The minimum Gasteiger partial charge on any atom is -0.421 e. The van der Waals surface area contributed by atoms with Crippen LogP contribution in [0.4, 0.5) is 0 Å². The van der Waals surface area contributed by atoms with E-state index in [0.717, 1.165) is 5.56 Å². The van der Waals surface area contributed by atoms with Crippen LogP contribution < -0.4 is 11.2 Å². The van der Waals surface area contributed by atoms with Crippen LogP contribution in [0.1, 0.15) is 0 Å². The Morgan fingerprint density at radius 3 is 2.36 bits per heavy atom. The summed E-state index contributed by atoms with van der Waals surface area (Å²) in [5, 5.41) is 1.09. The van der Waals surface area contributed by atoms with Crippen molar-refractivity contribution in [1.82, 2.24) is 4.98 Å². The zero-order chi connectivity index (χ0) is 15.1. The van der Waals surface area contributed by atoms with Crippen LogP contribution in [0.3, 0.4) is 0 Å². The van der Waals surface area contributed by atoms with Gasteiger partial charge in [0.15, 0.2) is 5.58 Å². The van der Waals surface area contributed by atoms with Gasteiger partial charge in [-0.3, -0.25) is 4.79 Å². The molecule has 4 heteroatoms. The molecule has 0 aliphatic carbocycles. The number of rotatable bonds is 1. The van der Waals surface area contributed by atoms with Crippen molar-refractivity contribution in [3.63, 3.8) is 0 Å². The lowest BCUT2D eigenvalue weighted by Crippen LogP contribution is -2.11. The molecule has 4 nitrogen and oxygen atoms in total. The van der Waals surface area contributed by atoms with Crippen molar-refractivity contribution in [2.24, 2.45) is 0 Å². The van der Waals surface area contributed by atoms with Crippen LogP contribution in [0.25, 0.3) is 33.0 Å². The summed E-state index contributed by atoms with van der Waals surface area (Å²) in [5.74, 6) is 0. The van der Waals surface area contributed by atoms with E-state index in [4.69, 9.17) is 4.42 Å². The normalized spacial score (nSPS) is 11.1. The number of aromatic nitrogens is 1. The van der Waals surface area contributed by atoms with Gasteiger partial charge in [0.25, 0.3) is 5.56 Å². The van der Waals surface area contributed by atoms with Gasteiger partial charge in [-0.15, -0.1) is 0 Å². The maximum atomic E-state index is 12.3. The molecule has 22 heavy (non-hydrogen) atoms. The molecule has 0 bridgehead atoms. The smallest absolute Gasteiger partial charge is 0.344 e. The molecule has 0 fully saturated rings. The zero-order valence-corrected chi connectivity index (χ0v) is 11.5. The fourth-order valence-electron chi connectivity index (χ4n) is 2.64. The Hall–Kier alpha value is -3.14. The van der Waals surface area contributed by atoms with Crippen LogP contribution in [0.5, 0.6) is 0 Å². The Labute approximate surface area is 124 Å². The van der Waals surface area contributed by atoms with E-state index in [0.29, 0.717) is 27.4 Å². The van der Waals surface area contributed by atoms with E-state index >= 15 is 0 Å². The van der Waals surface area contributed by atoms with Crippen LogP contribution in [-0.2, 0) is 0 Å². The Morgan fingerprint density at radius 2 is 1.55 bits per heavy atom. The number of nitrogens with one attached hydrogen (secondary N) is 1. The van der Waals surface area contributed by atoms with Gasteiger partial charge in [-0.25, -0.2) is 4.79 Å². The minimum atomic E-state index is -0.450. The number of hydrogen-bond donors (Lipinski definition) is 1. The zero-order valence-electron chi connectivity index (χ0n) is 11.5. The number of benzene rings is 2. The number of aromatic amines is 1. The highest BCUT2D eigenvalue weighted by Gasteiger charge is 2.12. The molecular formula is C18H11NO3. The molecule has 1 N–H and O–H groups in total. The van der Waals surface area contributed by atoms with Gasteiger partial charge in [0.05, 0.1) is 16.5 Å². The summed E-state index contributed by atoms with van der Waals surface area (Å²) in [6.07, 6.45) is 0.